The molecular weight excluding hydrogens is 436 g/mol. The summed E-state index contributed by atoms with van der Waals surface area (Å²) in [5.74, 6) is -0.424. The van der Waals surface area contributed by atoms with Crippen LogP contribution in [0.2, 0.25) is 5.02 Å². The van der Waals surface area contributed by atoms with E-state index in [0.717, 1.165) is 0 Å². The highest BCUT2D eigenvalue weighted by atomic mass is 35.5. The Hall–Kier alpha value is -3.16. The Morgan fingerprint density at radius 1 is 1.29 bits per heavy atom. The zero-order valence-corrected chi connectivity index (χ0v) is 18.4. The fraction of sp³-hybridized carbons (Fsp3) is 0.174. The second-order valence-electron chi connectivity index (χ2n) is 6.92. The van der Waals surface area contributed by atoms with E-state index >= 15 is 0 Å². The van der Waals surface area contributed by atoms with Crippen LogP contribution >= 0.6 is 22.9 Å². The number of halogens is 1. The van der Waals surface area contributed by atoms with Crippen LogP contribution in [0, 0.1) is 0 Å². The van der Waals surface area contributed by atoms with Gasteiger partial charge in [0.2, 0.25) is 0 Å². The smallest absolute Gasteiger partial charge is 0.338 e. The van der Waals surface area contributed by atoms with Gasteiger partial charge in [-0.3, -0.25) is 9.36 Å². The van der Waals surface area contributed by atoms with Gasteiger partial charge in [0.05, 0.1) is 22.4 Å². The molecule has 8 heteroatoms. The second kappa shape index (κ2) is 8.53. The molecule has 6 nitrogen and oxygen atoms in total. The minimum Gasteiger partial charge on any atom is -0.508 e. The highest BCUT2D eigenvalue weighted by Crippen LogP contribution is 2.34. The van der Waals surface area contributed by atoms with Gasteiger partial charge in [-0.25, -0.2) is 9.79 Å². The molecule has 1 N–H and O–H groups in total. The van der Waals surface area contributed by atoms with Gasteiger partial charge < -0.3 is 9.84 Å². The van der Waals surface area contributed by atoms with Crippen molar-refractivity contribution in [3.05, 3.63) is 95.6 Å². The van der Waals surface area contributed by atoms with Gasteiger partial charge in [-0.15, -0.1) is 0 Å². The SMILES string of the molecule is CCOC(=O)C1=C(C)N=c2s/c(=C\c3cccc(O)c3)c(=O)n2[C@@H]1c1ccccc1Cl. The van der Waals surface area contributed by atoms with Gasteiger partial charge in [0.1, 0.15) is 11.8 Å². The van der Waals surface area contributed by atoms with E-state index in [2.05, 4.69) is 4.99 Å². The van der Waals surface area contributed by atoms with Crippen LogP contribution in [-0.4, -0.2) is 22.2 Å². The summed E-state index contributed by atoms with van der Waals surface area (Å²) in [4.78, 5) is 31.3. The molecule has 2 heterocycles. The fourth-order valence-electron chi connectivity index (χ4n) is 3.55. The summed E-state index contributed by atoms with van der Waals surface area (Å²) in [7, 11) is 0. The first-order valence-corrected chi connectivity index (χ1v) is 10.8. The lowest BCUT2D eigenvalue weighted by molar-refractivity contribution is -0.139. The van der Waals surface area contributed by atoms with E-state index in [0.29, 0.717) is 31.2 Å². The third kappa shape index (κ3) is 3.94. The molecule has 0 saturated carbocycles. The Labute approximate surface area is 187 Å². The number of allylic oxidation sites excluding steroid dienone is 1. The standard InChI is InChI=1S/C23H19ClN2O4S/c1-3-30-22(29)19-13(2)25-23-26(20(19)16-9-4-5-10-17(16)24)21(28)18(31-23)12-14-7-6-8-15(27)11-14/h4-12,20,27H,3H2,1-2H3/b18-12-/t20-/m1/s1. The quantitative estimate of drug-likeness (QED) is 0.614. The number of aromatic hydroxyl groups is 1. The van der Waals surface area contributed by atoms with Crippen LogP contribution in [0.1, 0.15) is 31.0 Å². The molecular formula is C23H19ClN2O4S. The lowest BCUT2D eigenvalue weighted by atomic mass is 9.96. The summed E-state index contributed by atoms with van der Waals surface area (Å²) in [6, 6.07) is 13.0. The van der Waals surface area contributed by atoms with Crippen molar-refractivity contribution in [1.82, 2.24) is 4.57 Å². The van der Waals surface area contributed by atoms with E-state index in [4.69, 9.17) is 16.3 Å². The van der Waals surface area contributed by atoms with Crippen molar-refractivity contribution in [1.29, 1.82) is 0 Å². The second-order valence-corrected chi connectivity index (χ2v) is 8.34. The molecule has 0 amide bonds. The van der Waals surface area contributed by atoms with E-state index in [9.17, 15) is 14.7 Å². The molecule has 0 fully saturated rings. The first-order valence-electron chi connectivity index (χ1n) is 9.64. The fourth-order valence-corrected chi connectivity index (χ4v) is 4.83. The van der Waals surface area contributed by atoms with Crippen LogP contribution in [0.15, 0.2) is 69.6 Å². The summed E-state index contributed by atoms with van der Waals surface area (Å²) in [5, 5.41) is 10.2. The van der Waals surface area contributed by atoms with Gasteiger partial charge in [-0.05, 0) is 49.2 Å². The van der Waals surface area contributed by atoms with Crippen molar-refractivity contribution in [3.8, 4) is 5.75 Å². The topological polar surface area (TPSA) is 80.9 Å². The molecule has 1 aliphatic rings. The number of nitrogens with zero attached hydrogens (tertiary/aromatic N) is 2. The minimum atomic E-state index is -0.754. The van der Waals surface area contributed by atoms with E-state index in [1.807, 2.05) is 6.07 Å². The third-order valence-electron chi connectivity index (χ3n) is 4.88. The number of aromatic nitrogens is 1. The van der Waals surface area contributed by atoms with Crippen molar-refractivity contribution in [2.24, 2.45) is 4.99 Å². The summed E-state index contributed by atoms with van der Waals surface area (Å²) in [5.41, 5.74) is 1.76. The third-order valence-corrected chi connectivity index (χ3v) is 6.21. The molecule has 1 aliphatic heterocycles. The van der Waals surface area contributed by atoms with Crippen LogP contribution in [0.3, 0.4) is 0 Å². The maximum absolute atomic E-state index is 13.4. The molecule has 0 saturated heterocycles. The van der Waals surface area contributed by atoms with Gasteiger partial charge in [-0.2, -0.15) is 0 Å². The Balaban J connectivity index is 1.99. The molecule has 0 spiro atoms. The number of fused-ring (bicyclic) bond motifs is 1. The predicted octanol–water partition coefficient (Wildman–Crippen LogP) is 3.16. The largest absolute Gasteiger partial charge is 0.508 e. The number of phenolic OH excluding ortho intramolecular Hbond substituents is 1. The lowest BCUT2D eigenvalue weighted by Gasteiger charge is -2.25. The van der Waals surface area contributed by atoms with Crippen LogP contribution in [0.5, 0.6) is 5.75 Å². The molecule has 3 aromatic rings. The number of phenols is 1. The van der Waals surface area contributed by atoms with Crippen LogP contribution in [-0.2, 0) is 9.53 Å². The molecule has 4 rings (SSSR count). The van der Waals surface area contributed by atoms with Crippen LogP contribution < -0.4 is 14.9 Å². The predicted molar refractivity (Wildman–Crippen MR) is 120 cm³/mol. The molecule has 31 heavy (non-hydrogen) atoms. The number of esters is 1. The van der Waals surface area contributed by atoms with Crippen molar-refractivity contribution in [2.75, 3.05) is 6.61 Å². The minimum absolute atomic E-state index is 0.107. The molecule has 158 valence electrons. The Morgan fingerprint density at radius 3 is 2.77 bits per heavy atom. The normalized spacial score (nSPS) is 16.1. The maximum atomic E-state index is 13.4. The van der Waals surface area contributed by atoms with Gasteiger partial charge in [-0.1, -0.05) is 53.3 Å². The number of ether oxygens (including phenoxy) is 1. The maximum Gasteiger partial charge on any atom is 0.338 e. The van der Waals surface area contributed by atoms with Gasteiger partial charge in [0, 0.05) is 5.02 Å². The van der Waals surface area contributed by atoms with Gasteiger partial charge in [0.25, 0.3) is 5.56 Å². The zero-order valence-electron chi connectivity index (χ0n) is 16.8. The van der Waals surface area contributed by atoms with Gasteiger partial charge >= 0.3 is 5.97 Å². The van der Waals surface area contributed by atoms with Crippen molar-refractivity contribution >= 4 is 35.0 Å². The Bertz CT molecular complexity index is 1390. The molecule has 0 radical (unpaired) electrons. The van der Waals surface area contributed by atoms with E-state index in [1.54, 1.807) is 62.4 Å². The molecule has 2 aromatic carbocycles. The average molecular weight is 455 g/mol. The highest BCUT2D eigenvalue weighted by Gasteiger charge is 2.34. The number of benzene rings is 2. The first-order chi connectivity index (χ1) is 14.9. The molecule has 0 aliphatic carbocycles. The zero-order chi connectivity index (χ0) is 22.1. The van der Waals surface area contributed by atoms with Gasteiger partial charge in [0.15, 0.2) is 4.80 Å². The van der Waals surface area contributed by atoms with Crippen molar-refractivity contribution in [3.63, 3.8) is 0 Å². The summed E-state index contributed by atoms with van der Waals surface area (Å²) in [6.07, 6.45) is 1.69. The number of carbonyl (C=O) groups excluding carboxylic acids is 1. The van der Waals surface area contributed by atoms with Crippen LogP contribution in [0.25, 0.3) is 6.08 Å². The average Bonchev–Trinajstić information content (AvgIpc) is 3.02. The number of hydrogen-bond donors (Lipinski definition) is 1. The van der Waals surface area contributed by atoms with E-state index in [1.165, 1.54) is 15.9 Å². The molecule has 0 bridgehead atoms. The van der Waals surface area contributed by atoms with E-state index < -0.39 is 12.0 Å². The highest BCUT2D eigenvalue weighted by molar-refractivity contribution is 7.07. The lowest BCUT2D eigenvalue weighted by Crippen LogP contribution is -2.40. The Kier molecular flexibility index (Phi) is 5.80. The monoisotopic (exact) mass is 454 g/mol. The summed E-state index contributed by atoms with van der Waals surface area (Å²) in [6.45, 7) is 3.65. The summed E-state index contributed by atoms with van der Waals surface area (Å²) >= 11 is 7.69. The van der Waals surface area contributed by atoms with Crippen molar-refractivity contribution in [2.45, 2.75) is 19.9 Å². The van der Waals surface area contributed by atoms with E-state index in [-0.39, 0.29) is 23.5 Å². The van der Waals surface area contributed by atoms with Crippen molar-refractivity contribution < 1.29 is 14.6 Å². The summed E-state index contributed by atoms with van der Waals surface area (Å²) < 4.78 is 7.18. The van der Waals surface area contributed by atoms with Crippen LogP contribution in [0.4, 0.5) is 0 Å². The number of thiazole rings is 1. The number of hydrogen-bond acceptors (Lipinski definition) is 6. The Morgan fingerprint density at radius 2 is 2.06 bits per heavy atom. The molecule has 1 atom stereocenters. The molecule has 1 aromatic heterocycles. The number of carbonyl (C=O) groups is 1. The number of rotatable bonds is 4. The molecule has 0 unspecified atom stereocenters. The first kappa shape index (κ1) is 21.1.